The van der Waals surface area contributed by atoms with Crippen LogP contribution in [0.5, 0.6) is 5.06 Å². The molecule has 5 rings (SSSR count). The number of amides is 2. The highest BCUT2D eigenvalue weighted by Crippen LogP contribution is 2.35. The first-order chi connectivity index (χ1) is 19.1. The van der Waals surface area contributed by atoms with Gasteiger partial charge in [-0.05, 0) is 48.6 Å². The maximum atomic E-state index is 13.7. The maximum absolute atomic E-state index is 13.7. The number of likely N-dealkylation sites (tertiary alicyclic amines) is 1. The summed E-state index contributed by atoms with van der Waals surface area (Å²) in [7, 11) is -3.96. The zero-order chi connectivity index (χ0) is 28.4. The Bertz CT molecular complexity index is 1490. The third-order valence-corrected chi connectivity index (χ3v) is 9.90. The van der Waals surface area contributed by atoms with Crippen LogP contribution in [0.15, 0.2) is 71.9 Å². The molecule has 10 nitrogen and oxygen atoms in total. The Morgan fingerprint density at radius 2 is 1.90 bits per heavy atom. The van der Waals surface area contributed by atoms with Gasteiger partial charge in [0.2, 0.25) is 15.9 Å². The number of Topliss-reactive ketones (excluding diaryl/α,β-unsaturated/α-hetero) is 1. The number of hydrogen-bond acceptors (Lipinski definition) is 8. The average molecular weight is 583 g/mol. The summed E-state index contributed by atoms with van der Waals surface area (Å²) in [5.74, 6) is -0.717. The van der Waals surface area contributed by atoms with Gasteiger partial charge in [0.1, 0.15) is 17.0 Å². The molecule has 0 bridgehead atoms. The molecule has 2 aromatic heterocycles. The van der Waals surface area contributed by atoms with Gasteiger partial charge in [-0.15, -0.1) is 0 Å². The lowest BCUT2D eigenvalue weighted by molar-refractivity contribution is -0.138. The maximum Gasteiger partial charge on any atom is 0.414 e. The molecule has 3 atom stereocenters. The Morgan fingerprint density at radius 3 is 2.60 bits per heavy atom. The number of ketones is 1. The zero-order valence-electron chi connectivity index (χ0n) is 22.1. The number of fused-ring (bicyclic) bond motifs is 1. The lowest BCUT2D eigenvalue weighted by Crippen LogP contribution is -2.53. The van der Waals surface area contributed by atoms with Gasteiger partial charge >= 0.3 is 6.09 Å². The minimum absolute atomic E-state index is 0.000628. The van der Waals surface area contributed by atoms with Gasteiger partial charge in [-0.1, -0.05) is 55.5 Å². The first-order valence-corrected chi connectivity index (χ1v) is 15.3. The topological polar surface area (TPSA) is 126 Å². The standard InChI is InChI=1S/C28H30N4O6S2/c1-18(2)15-21(30-28(35)38-25-11-10-24(39-25)19-7-4-3-5-8-19)27(34)31-14-12-22-26(31)23(33)17-32(22)40(36,37)20-9-6-13-29-16-20/h3-11,13,16,18,21-22,26H,12,14-15,17H2,1-2H3,(H,30,35). The van der Waals surface area contributed by atoms with Gasteiger partial charge in [0.05, 0.1) is 12.6 Å². The summed E-state index contributed by atoms with van der Waals surface area (Å²) in [6, 6.07) is 13.7. The minimum Gasteiger partial charge on any atom is -0.399 e. The molecule has 4 heterocycles. The van der Waals surface area contributed by atoms with Crippen molar-refractivity contribution in [2.45, 2.75) is 49.7 Å². The normalized spacial score (nSPS) is 20.0. The Morgan fingerprint density at radius 1 is 1.12 bits per heavy atom. The first kappa shape index (κ1) is 27.9. The van der Waals surface area contributed by atoms with Crippen LogP contribution in [-0.4, -0.2) is 71.6 Å². The predicted octanol–water partition coefficient (Wildman–Crippen LogP) is 3.56. The van der Waals surface area contributed by atoms with Gasteiger partial charge in [-0.25, -0.2) is 13.2 Å². The molecule has 0 aliphatic carbocycles. The fourth-order valence-corrected chi connectivity index (χ4v) is 7.71. The highest BCUT2D eigenvalue weighted by Gasteiger charge is 2.54. The van der Waals surface area contributed by atoms with Crippen molar-refractivity contribution in [3.05, 3.63) is 67.0 Å². The van der Waals surface area contributed by atoms with E-state index in [1.54, 1.807) is 6.07 Å². The molecular weight excluding hydrogens is 552 g/mol. The number of pyridine rings is 1. The molecule has 3 unspecified atom stereocenters. The van der Waals surface area contributed by atoms with E-state index in [4.69, 9.17) is 4.74 Å². The number of rotatable bonds is 8. The molecule has 2 aliphatic rings. The summed E-state index contributed by atoms with van der Waals surface area (Å²) in [6.45, 7) is 3.74. The van der Waals surface area contributed by atoms with Crippen LogP contribution in [0.25, 0.3) is 10.4 Å². The first-order valence-electron chi connectivity index (χ1n) is 13.0. The van der Waals surface area contributed by atoms with Crippen molar-refractivity contribution in [2.24, 2.45) is 5.92 Å². The number of hydrogen-bond donors (Lipinski definition) is 1. The van der Waals surface area contributed by atoms with Crippen molar-refractivity contribution in [3.8, 4) is 15.5 Å². The monoisotopic (exact) mass is 582 g/mol. The van der Waals surface area contributed by atoms with Gasteiger partial charge < -0.3 is 15.0 Å². The molecule has 0 saturated carbocycles. The zero-order valence-corrected chi connectivity index (χ0v) is 23.7. The quantitative estimate of drug-likeness (QED) is 0.431. The molecule has 2 fully saturated rings. The number of nitrogens with zero attached hydrogens (tertiary/aromatic N) is 3. The van der Waals surface area contributed by atoms with Gasteiger partial charge in [-0.3, -0.25) is 14.6 Å². The van der Waals surface area contributed by atoms with Gasteiger partial charge in [-0.2, -0.15) is 4.31 Å². The smallest absolute Gasteiger partial charge is 0.399 e. The fraction of sp³-hybridized carbons (Fsp3) is 0.357. The number of aromatic nitrogens is 1. The molecule has 0 radical (unpaired) electrons. The highest BCUT2D eigenvalue weighted by molar-refractivity contribution is 7.89. The van der Waals surface area contributed by atoms with Crippen LogP contribution in [0.3, 0.4) is 0 Å². The van der Waals surface area contributed by atoms with E-state index in [0.717, 1.165) is 10.4 Å². The Kier molecular flexibility index (Phi) is 8.02. The van der Waals surface area contributed by atoms with E-state index in [0.29, 0.717) is 17.9 Å². The summed E-state index contributed by atoms with van der Waals surface area (Å²) >= 11 is 1.31. The van der Waals surface area contributed by atoms with E-state index in [-0.39, 0.29) is 29.7 Å². The van der Waals surface area contributed by atoms with Crippen LogP contribution in [0, 0.1) is 5.92 Å². The summed E-state index contributed by atoms with van der Waals surface area (Å²) in [5, 5.41) is 3.07. The number of thiophene rings is 1. The van der Waals surface area contributed by atoms with E-state index >= 15 is 0 Å². The second kappa shape index (κ2) is 11.5. The third-order valence-electron chi connectivity index (χ3n) is 7.03. The van der Waals surface area contributed by atoms with Crippen LogP contribution in [0.4, 0.5) is 4.79 Å². The number of sulfonamides is 1. The van der Waals surface area contributed by atoms with Crippen molar-refractivity contribution < 1.29 is 27.5 Å². The van der Waals surface area contributed by atoms with Gasteiger partial charge in [0.15, 0.2) is 10.8 Å². The van der Waals surface area contributed by atoms with Crippen molar-refractivity contribution in [1.29, 1.82) is 0 Å². The minimum atomic E-state index is -3.96. The second-order valence-corrected chi connectivity index (χ2v) is 13.2. The van der Waals surface area contributed by atoms with Crippen LogP contribution in [0.2, 0.25) is 0 Å². The molecule has 1 N–H and O–H groups in total. The van der Waals surface area contributed by atoms with Gasteiger partial charge in [0, 0.05) is 23.8 Å². The molecule has 0 spiro atoms. The number of carbonyl (C=O) groups is 3. The van der Waals surface area contributed by atoms with E-state index in [1.165, 1.54) is 45.1 Å². The van der Waals surface area contributed by atoms with E-state index in [1.807, 2.05) is 50.2 Å². The van der Waals surface area contributed by atoms with Crippen molar-refractivity contribution in [1.82, 2.24) is 19.5 Å². The number of ether oxygens (including phenoxy) is 1. The summed E-state index contributed by atoms with van der Waals surface area (Å²) in [4.78, 5) is 45.8. The second-order valence-electron chi connectivity index (χ2n) is 10.2. The summed E-state index contributed by atoms with van der Waals surface area (Å²) in [6.07, 6.45) is 2.59. The van der Waals surface area contributed by atoms with E-state index in [2.05, 4.69) is 10.3 Å². The molecule has 1 aromatic carbocycles. The van der Waals surface area contributed by atoms with Gasteiger partial charge in [0.25, 0.3) is 0 Å². The molecular formula is C28H30N4O6S2. The van der Waals surface area contributed by atoms with Crippen LogP contribution < -0.4 is 10.1 Å². The molecule has 40 heavy (non-hydrogen) atoms. The fourth-order valence-electron chi connectivity index (χ4n) is 5.26. The molecule has 12 heteroatoms. The molecule has 2 aliphatic heterocycles. The molecule has 2 amide bonds. The number of benzene rings is 1. The Balaban J connectivity index is 1.29. The molecule has 210 valence electrons. The van der Waals surface area contributed by atoms with Crippen LogP contribution in [0.1, 0.15) is 26.7 Å². The van der Waals surface area contributed by atoms with Crippen LogP contribution >= 0.6 is 11.3 Å². The SMILES string of the molecule is CC(C)CC(NC(=O)Oc1ccc(-c2ccccc2)s1)C(=O)N1CCC2C1C(=O)CN2S(=O)(=O)c1cccnc1. The average Bonchev–Trinajstić information content (AvgIpc) is 3.66. The summed E-state index contributed by atoms with van der Waals surface area (Å²) < 4.78 is 33.2. The molecule has 3 aromatic rings. The van der Waals surface area contributed by atoms with Crippen molar-refractivity contribution in [2.75, 3.05) is 13.1 Å². The number of nitrogens with one attached hydrogen (secondary N) is 1. The van der Waals surface area contributed by atoms with Crippen LogP contribution in [-0.2, 0) is 19.6 Å². The lowest BCUT2D eigenvalue weighted by Gasteiger charge is -2.28. The lowest BCUT2D eigenvalue weighted by atomic mass is 10.0. The number of carbonyl (C=O) groups excluding carboxylic acids is 3. The highest BCUT2D eigenvalue weighted by atomic mass is 32.2. The van der Waals surface area contributed by atoms with Crippen molar-refractivity contribution >= 4 is 39.1 Å². The van der Waals surface area contributed by atoms with E-state index in [9.17, 15) is 22.8 Å². The Labute approximate surface area is 237 Å². The third kappa shape index (κ3) is 5.65. The predicted molar refractivity (Wildman–Crippen MR) is 149 cm³/mol. The van der Waals surface area contributed by atoms with E-state index < -0.39 is 40.1 Å². The molecule has 2 saturated heterocycles. The van der Waals surface area contributed by atoms with Crippen molar-refractivity contribution in [3.63, 3.8) is 0 Å². The Hall–Kier alpha value is -3.61. The summed E-state index contributed by atoms with van der Waals surface area (Å²) in [5.41, 5.74) is 1.00. The largest absolute Gasteiger partial charge is 0.414 e.